The van der Waals surface area contributed by atoms with E-state index in [2.05, 4.69) is 34.2 Å². The molecule has 2 rings (SSSR count). The molecule has 0 amide bonds. The summed E-state index contributed by atoms with van der Waals surface area (Å²) in [5.41, 5.74) is 1.14. The quantitative estimate of drug-likeness (QED) is 0.808. The van der Waals surface area contributed by atoms with Crippen molar-refractivity contribution in [2.24, 2.45) is 0 Å². The van der Waals surface area contributed by atoms with Gasteiger partial charge in [0.05, 0.1) is 21.1 Å². The van der Waals surface area contributed by atoms with E-state index in [4.69, 9.17) is 16.0 Å². The SMILES string of the molecule is CCCNC(c1coc(C)c1)c1cc(Cl)c(Br)s1. The summed E-state index contributed by atoms with van der Waals surface area (Å²) in [5.74, 6) is 0.926. The lowest BCUT2D eigenvalue weighted by Gasteiger charge is -2.15. The van der Waals surface area contributed by atoms with E-state index in [1.165, 1.54) is 4.88 Å². The molecule has 1 unspecified atom stereocenters. The van der Waals surface area contributed by atoms with E-state index >= 15 is 0 Å². The predicted molar refractivity (Wildman–Crippen MR) is 80.6 cm³/mol. The van der Waals surface area contributed by atoms with E-state index in [0.717, 1.165) is 33.1 Å². The summed E-state index contributed by atoms with van der Waals surface area (Å²) < 4.78 is 6.38. The molecule has 0 aliphatic heterocycles. The molecule has 98 valence electrons. The van der Waals surface area contributed by atoms with Crippen molar-refractivity contribution >= 4 is 38.9 Å². The molecule has 0 spiro atoms. The van der Waals surface area contributed by atoms with Gasteiger partial charge in [-0.15, -0.1) is 11.3 Å². The van der Waals surface area contributed by atoms with Crippen molar-refractivity contribution in [3.8, 4) is 0 Å². The molecule has 0 saturated carbocycles. The second-order valence-electron chi connectivity index (χ2n) is 4.15. The molecule has 0 saturated heterocycles. The molecule has 0 fully saturated rings. The van der Waals surface area contributed by atoms with Gasteiger partial charge >= 0.3 is 0 Å². The normalized spacial score (nSPS) is 12.9. The molecular weight excluding hydrogens is 334 g/mol. The zero-order valence-electron chi connectivity index (χ0n) is 10.3. The number of aryl methyl sites for hydroxylation is 1. The summed E-state index contributed by atoms with van der Waals surface area (Å²) in [7, 11) is 0. The fourth-order valence-electron chi connectivity index (χ4n) is 1.79. The highest BCUT2D eigenvalue weighted by Gasteiger charge is 2.19. The van der Waals surface area contributed by atoms with Crippen molar-refractivity contribution < 1.29 is 4.42 Å². The molecule has 1 N–H and O–H groups in total. The van der Waals surface area contributed by atoms with E-state index in [9.17, 15) is 0 Å². The molecule has 0 radical (unpaired) electrons. The Labute approximate surface area is 124 Å². The van der Waals surface area contributed by atoms with Gasteiger partial charge in [-0.3, -0.25) is 0 Å². The molecule has 2 heterocycles. The number of rotatable bonds is 5. The van der Waals surface area contributed by atoms with E-state index in [1.807, 2.05) is 19.3 Å². The number of nitrogens with one attached hydrogen (secondary N) is 1. The van der Waals surface area contributed by atoms with Crippen LogP contribution in [-0.4, -0.2) is 6.54 Å². The van der Waals surface area contributed by atoms with Gasteiger partial charge in [0.1, 0.15) is 5.76 Å². The van der Waals surface area contributed by atoms with Gasteiger partial charge in [-0.2, -0.15) is 0 Å². The number of halogens is 2. The first-order valence-electron chi connectivity index (χ1n) is 5.85. The molecule has 18 heavy (non-hydrogen) atoms. The number of hydrogen-bond donors (Lipinski definition) is 1. The lowest BCUT2D eigenvalue weighted by molar-refractivity contribution is 0.524. The summed E-state index contributed by atoms with van der Waals surface area (Å²) in [4.78, 5) is 1.20. The van der Waals surface area contributed by atoms with Gasteiger partial charge in [0.15, 0.2) is 0 Å². The smallest absolute Gasteiger partial charge is 0.101 e. The molecule has 2 aromatic rings. The van der Waals surface area contributed by atoms with Crippen LogP contribution in [-0.2, 0) is 0 Å². The minimum absolute atomic E-state index is 0.149. The summed E-state index contributed by atoms with van der Waals surface area (Å²) in [6.45, 7) is 5.07. The third-order valence-corrected chi connectivity index (χ3v) is 5.17. The first-order chi connectivity index (χ1) is 8.61. The van der Waals surface area contributed by atoms with Crippen LogP contribution in [0, 0.1) is 6.92 Å². The van der Waals surface area contributed by atoms with Crippen molar-refractivity contribution in [2.45, 2.75) is 26.3 Å². The van der Waals surface area contributed by atoms with Crippen LogP contribution in [0.4, 0.5) is 0 Å². The Bertz CT molecular complexity index is 503. The first-order valence-corrected chi connectivity index (χ1v) is 7.83. The van der Waals surface area contributed by atoms with Gasteiger partial charge in [-0.25, -0.2) is 0 Å². The fourth-order valence-corrected chi connectivity index (χ4v) is 3.64. The van der Waals surface area contributed by atoms with Gasteiger partial charge in [0.25, 0.3) is 0 Å². The Morgan fingerprint density at radius 2 is 2.28 bits per heavy atom. The largest absolute Gasteiger partial charge is 0.469 e. The van der Waals surface area contributed by atoms with Crippen LogP contribution in [0.25, 0.3) is 0 Å². The van der Waals surface area contributed by atoms with E-state index < -0.39 is 0 Å². The first kappa shape index (κ1) is 14.1. The van der Waals surface area contributed by atoms with Crippen molar-refractivity contribution in [1.29, 1.82) is 0 Å². The van der Waals surface area contributed by atoms with Crippen LogP contribution >= 0.6 is 38.9 Å². The molecule has 0 aliphatic rings. The lowest BCUT2D eigenvalue weighted by atomic mass is 10.1. The summed E-state index contributed by atoms with van der Waals surface area (Å²) in [6, 6.07) is 4.22. The van der Waals surface area contributed by atoms with Crippen LogP contribution < -0.4 is 5.32 Å². The third kappa shape index (κ3) is 3.18. The van der Waals surface area contributed by atoms with Crippen LogP contribution in [0.15, 0.2) is 26.6 Å². The van der Waals surface area contributed by atoms with E-state index in [0.29, 0.717) is 0 Å². The van der Waals surface area contributed by atoms with Gasteiger partial charge < -0.3 is 9.73 Å². The van der Waals surface area contributed by atoms with Gasteiger partial charge in [-0.05, 0) is 48.0 Å². The summed E-state index contributed by atoms with van der Waals surface area (Å²) >= 11 is 11.2. The Morgan fingerprint density at radius 1 is 1.50 bits per heavy atom. The molecule has 2 nitrogen and oxygen atoms in total. The monoisotopic (exact) mass is 347 g/mol. The Kier molecular flexibility index (Phi) is 4.90. The molecule has 0 bridgehead atoms. The van der Waals surface area contributed by atoms with Crippen molar-refractivity contribution in [2.75, 3.05) is 6.54 Å². The molecule has 0 aliphatic carbocycles. The van der Waals surface area contributed by atoms with Crippen LogP contribution in [0.1, 0.15) is 35.6 Å². The molecule has 5 heteroatoms. The fraction of sp³-hybridized carbons (Fsp3) is 0.385. The second kappa shape index (κ2) is 6.24. The number of hydrogen-bond acceptors (Lipinski definition) is 3. The van der Waals surface area contributed by atoms with Gasteiger partial charge in [0.2, 0.25) is 0 Å². The minimum atomic E-state index is 0.149. The molecule has 0 aromatic carbocycles. The summed E-state index contributed by atoms with van der Waals surface area (Å²) in [6.07, 6.45) is 2.90. The zero-order valence-corrected chi connectivity index (χ0v) is 13.5. The maximum atomic E-state index is 6.11. The van der Waals surface area contributed by atoms with Crippen LogP contribution in [0.3, 0.4) is 0 Å². The lowest BCUT2D eigenvalue weighted by Crippen LogP contribution is -2.21. The average molecular weight is 349 g/mol. The topological polar surface area (TPSA) is 25.2 Å². The standard InChI is InChI=1S/C13H15BrClNOS/c1-3-4-16-12(9-5-8(2)17-7-9)11-6-10(15)13(14)18-11/h5-7,12,16H,3-4H2,1-2H3. The van der Waals surface area contributed by atoms with Crippen molar-refractivity contribution in [3.63, 3.8) is 0 Å². The highest BCUT2D eigenvalue weighted by molar-refractivity contribution is 9.11. The molecule has 2 aromatic heterocycles. The molecule has 1 atom stereocenters. The maximum absolute atomic E-state index is 6.11. The van der Waals surface area contributed by atoms with Crippen molar-refractivity contribution in [3.05, 3.63) is 43.4 Å². The minimum Gasteiger partial charge on any atom is -0.469 e. The zero-order chi connectivity index (χ0) is 13.1. The third-order valence-electron chi connectivity index (χ3n) is 2.63. The number of furan rings is 1. The van der Waals surface area contributed by atoms with E-state index in [1.54, 1.807) is 11.3 Å². The maximum Gasteiger partial charge on any atom is 0.101 e. The second-order valence-corrected chi connectivity index (χ2v) is 6.96. The Morgan fingerprint density at radius 3 is 2.78 bits per heavy atom. The Balaban J connectivity index is 2.30. The van der Waals surface area contributed by atoms with Crippen molar-refractivity contribution in [1.82, 2.24) is 5.32 Å². The highest BCUT2D eigenvalue weighted by Crippen LogP contribution is 2.37. The Hall–Kier alpha value is -0.290. The number of thiophene rings is 1. The van der Waals surface area contributed by atoms with Crippen LogP contribution in [0.5, 0.6) is 0 Å². The van der Waals surface area contributed by atoms with Crippen LogP contribution in [0.2, 0.25) is 5.02 Å². The molecular formula is C13H15BrClNOS. The van der Waals surface area contributed by atoms with Gasteiger partial charge in [-0.1, -0.05) is 18.5 Å². The average Bonchev–Trinajstić information content (AvgIpc) is 2.88. The predicted octanol–water partition coefficient (Wildman–Crippen LogP) is 5.15. The highest BCUT2D eigenvalue weighted by atomic mass is 79.9. The summed E-state index contributed by atoms with van der Waals surface area (Å²) in [5, 5.41) is 4.29. The van der Waals surface area contributed by atoms with Gasteiger partial charge in [0, 0.05) is 10.4 Å². The van der Waals surface area contributed by atoms with E-state index in [-0.39, 0.29) is 6.04 Å².